The van der Waals surface area contributed by atoms with Gasteiger partial charge in [-0.25, -0.2) is 0 Å². The van der Waals surface area contributed by atoms with Crippen molar-refractivity contribution in [2.75, 3.05) is 9.80 Å². The SMILES string of the molecule is Cc1cc2c3c(c1)N(c1ccc4c(c1)C(C)(C)CCC4(C)C)c1c(sc4cc5c(cc14)C1(C)CCCC(C1)C5C)B3c1cc(C(C)(C)C)ccc1N2c1ccc2c(c1-c1ccc(C(C)(C)C)cc1)C(C)(C)CCC2(C)C. The third-order valence-corrected chi connectivity index (χ3v) is 22.3. The monoisotopic (exact) mass is 1020 g/mol. The Labute approximate surface area is 462 Å². The van der Waals surface area contributed by atoms with E-state index in [-0.39, 0.29) is 44.6 Å². The van der Waals surface area contributed by atoms with E-state index in [2.05, 4.69) is 236 Å². The maximum absolute atomic E-state index is 2.79. The van der Waals surface area contributed by atoms with Gasteiger partial charge >= 0.3 is 0 Å². The fourth-order valence-corrected chi connectivity index (χ4v) is 17.5. The number of hydrogen-bond donors (Lipinski definition) is 0. The zero-order valence-electron chi connectivity index (χ0n) is 49.4. The van der Waals surface area contributed by atoms with Gasteiger partial charge in [0.1, 0.15) is 0 Å². The number of aryl methyl sites for hydroxylation is 1. The van der Waals surface area contributed by atoms with Crippen LogP contribution < -0.4 is 25.5 Å². The molecule has 6 aliphatic rings. The van der Waals surface area contributed by atoms with Crippen LogP contribution in [0.5, 0.6) is 0 Å². The van der Waals surface area contributed by atoms with Crippen LogP contribution in [0.2, 0.25) is 0 Å². The number of thiophene rings is 1. The molecule has 3 heterocycles. The Morgan fingerprint density at radius 2 is 1.17 bits per heavy atom. The highest BCUT2D eigenvalue weighted by Gasteiger charge is 2.50. The number of anilines is 6. The van der Waals surface area contributed by atoms with Crippen LogP contribution in [0.25, 0.3) is 21.2 Å². The minimum absolute atomic E-state index is 0.0218. The van der Waals surface area contributed by atoms with Crippen molar-refractivity contribution >= 4 is 78.0 Å². The summed E-state index contributed by atoms with van der Waals surface area (Å²) in [7, 11) is 0. The Kier molecular flexibility index (Phi) is 10.8. The van der Waals surface area contributed by atoms with Gasteiger partial charge < -0.3 is 9.80 Å². The lowest BCUT2D eigenvalue weighted by molar-refractivity contribution is 0.191. The first-order chi connectivity index (χ1) is 35.6. The van der Waals surface area contributed by atoms with Gasteiger partial charge in [-0.3, -0.25) is 0 Å². The summed E-state index contributed by atoms with van der Waals surface area (Å²) >= 11 is 2.11. The van der Waals surface area contributed by atoms with Crippen molar-refractivity contribution < 1.29 is 0 Å². The summed E-state index contributed by atoms with van der Waals surface area (Å²) in [5, 5.41) is 1.44. The smallest absolute Gasteiger partial charge is 0.264 e. The van der Waals surface area contributed by atoms with Crippen molar-refractivity contribution in [1.29, 1.82) is 0 Å². The van der Waals surface area contributed by atoms with Crippen LogP contribution in [0.1, 0.15) is 218 Å². The summed E-state index contributed by atoms with van der Waals surface area (Å²) in [5.74, 6) is 1.34. The summed E-state index contributed by atoms with van der Waals surface area (Å²) in [4.78, 5) is 5.55. The summed E-state index contributed by atoms with van der Waals surface area (Å²) in [6.45, 7) is 41.8. The minimum Gasteiger partial charge on any atom is -0.311 e. The van der Waals surface area contributed by atoms with Crippen molar-refractivity contribution in [1.82, 2.24) is 0 Å². The van der Waals surface area contributed by atoms with E-state index in [0.29, 0.717) is 5.92 Å². The number of nitrogens with zero attached hydrogens (tertiary/aromatic N) is 2. The number of rotatable bonds is 3. The van der Waals surface area contributed by atoms with Crippen molar-refractivity contribution in [2.45, 2.75) is 213 Å². The molecule has 4 aliphatic carbocycles. The van der Waals surface area contributed by atoms with Crippen LogP contribution >= 0.6 is 11.3 Å². The molecule has 0 saturated heterocycles. The molecule has 1 aromatic heterocycles. The molecule has 1 fully saturated rings. The fraction of sp³-hybridized carbons (Fsp3) is 0.472. The second kappa shape index (κ2) is 16.3. The highest BCUT2D eigenvalue weighted by molar-refractivity contribution is 7.33. The van der Waals surface area contributed by atoms with E-state index in [0.717, 1.165) is 12.3 Å². The molecule has 0 spiro atoms. The van der Waals surface area contributed by atoms with Crippen LogP contribution in [0.15, 0.2) is 97.1 Å². The zero-order chi connectivity index (χ0) is 53.8. The van der Waals surface area contributed by atoms with Gasteiger partial charge in [-0.05, 0) is 217 Å². The molecule has 0 amide bonds. The van der Waals surface area contributed by atoms with Gasteiger partial charge in [0, 0.05) is 43.2 Å². The molecule has 2 nitrogen and oxygen atoms in total. The average molecular weight is 1020 g/mol. The molecule has 4 heteroatoms. The Bertz CT molecular complexity index is 3580. The zero-order valence-corrected chi connectivity index (χ0v) is 50.2. The van der Waals surface area contributed by atoms with Crippen molar-refractivity contribution in [3.8, 4) is 11.1 Å². The molecule has 0 radical (unpaired) electrons. The number of fused-ring (bicyclic) bond motifs is 12. The molecule has 2 bridgehead atoms. The molecular weight excluding hydrogens is 936 g/mol. The molecule has 13 rings (SSSR count). The predicted octanol–water partition coefficient (Wildman–Crippen LogP) is 18.8. The van der Waals surface area contributed by atoms with Crippen molar-refractivity contribution in [3.63, 3.8) is 0 Å². The quantitative estimate of drug-likeness (QED) is 0.163. The van der Waals surface area contributed by atoms with Gasteiger partial charge in [-0.2, -0.15) is 0 Å². The lowest BCUT2D eigenvalue weighted by Crippen LogP contribution is -2.60. The molecule has 6 aromatic carbocycles. The maximum Gasteiger partial charge on any atom is 0.264 e. The standard InChI is InChI=1S/C72H85BN2S/c1-42-35-58-63-59(36-42)75(57-29-27-52-62(71(15,16)34-33-69(52,11)12)61(57)44-20-22-46(23-21-44)66(3,4)5)56-28-24-47(67(6,7)8)37-55(56)73(63)65-64(74(58)48-25-26-51-54(38-48)70(13,14)32-31-68(51,9)10)50-39-53-49(40-60(50)76-65)43(2)45-19-18-30-72(53,17)41-45/h20-29,35-40,43,45H,18-19,30-34,41H2,1-17H3. The van der Waals surface area contributed by atoms with Crippen LogP contribution in [0, 0.1) is 12.8 Å². The summed E-state index contributed by atoms with van der Waals surface area (Å²) in [6.07, 6.45) is 10.0. The van der Waals surface area contributed by atoms with E-state index in [4.69, 9.17) is 0 Å². The second-order valence-corrected chi connectivity index (χ2v) is 31.4. The van der Waals surface area contributed by atoms with Crippen molar-refractivity contribution in [2.24, 2.45) is 5.92 Å². The van der Waals surface area contributed by atoms with E-state index in [9.17, 15) is 0 Å². The average Bonchev–Trinajstić information content (AvgIpc) is 3.77. The Morgan fingerprint density at radius 3 is 1.86 bits per heavy atom. The normalized spacial score (nSPS) is 23.3. The first-order valence-electron chi connectivity index (χ1n) is 29.5. The van der Waals surface area contributed by atoms with E-state index in [1.54, 1.807) is 11.1 Å². The predicted molar refractivity (Wildman–Crippen MR) is 332 cm³/mol. The van der Waals surface area contributed by atoms with Gasteiger partial charge in [-0.1, -0.05) is 166 Å². The maximum atomic E-state index is 2.79. The molecule has 76 heavy (non-hydrogen) atoms. The van der Waals surface area contributed by atoms with Gasteiger partial charge in [0.25, 0.3) is 6.71 Å². The lowest BCUT2D eigenvalue weighted by Gasteiger charge is -2.48. The van der Waals surface area contributed by atoms with Gasteiger partial charge in [0.2, 0.25) is 0 Å². The van der Waals surface area contributed by atoms with Gasteiger partial charge in [0.05, 0.1) is 11.4 Å². The highest BCUT2D eigenvalue weighted by atomic mass is 32.1. The lowest BCUT2D eigenvalue weighted by atomic mass is 9.36. The largest absolute Gasteiger partial charge is 0.311 e. The third kappa shape index (κ3) is 7.36. The van der Waals surface area contributed by atoms with E-state index >= 15 is 0 Å². The summed E-state index contributed by atoms with van der Waals surface area (Å²) in [5.41, 5.74) is 27.4. The molecule has 3 unspecified atom stereocenters. The molecular formula is C72H85BN2S. The van der Waals surface area contributed by atoms with Crippen LogP contribution in [-0.4, -0.2) is 6.71 Å². The van der Waals surface area contributed by atoms with E-state index < -0.39 is 0 Å². The molecule has 3 atom stereocenters. The Hall–Kier alpha value is -5.06. The van der Waals surface area contributed by atoms with Crippen LogP contribution in [0.4, 0.5) is 34.1 Å². The van der Waals surface area contributed by atoms with Gasteiger partial charge in [0.15, 0.2) is 0 Å². The number of benzene rings is 6. The first kappa shape index (κ1) is 50.4. The van der Waals surface area contributed by atoms with Crippen LogP contribution in [0.3, 0.4) is 0 Å². The highest BCUT2D eigenvalue weighted by Crippen LogP contribution is 2.59. The van der Waals surface area contributed by atoms with Crippen molar-refractivity contribution in [3.05, 3.63) is 147 Å². The van der Waals surface area contributed by atoms with Crippen LogP contribution in [-0.2, 0) is 37.9 Å². The second-order valence-electron chi connectivity index (χ2n) is 30.3. The molecule has 1 saturated carbocycles. The summed E-state index contributed by atoms with van der Waals surface area (Å²) < 4.78 is 2.94. The fourth-order valence-electron chi connectivity index (χ4n) is 16.1. The minimum atomic E-state index is -0.0342. The Balaban J connectivity index is 1.15. The molecule has 392 valence electrons. The molecule has 2 aliphatic heterocycles. The molecule has 0 N–H and O–H groups in total. The topological polar surface area (TPSA) is 6.48 Å². The van der Waals surface area contributed by atoms with E-state index in [1.165, 1.54) is 155 Å². The summed E-state index contributed by atoms with van der Waals surface area (Å²) in [6, 6.07) is 40.7. The first-order valence-corrected chi connectivity index (χ1v) is 30.3. The third-order valence-electron chi connectivity index (χ3n) is 21.0. The Morgan fingerprint density at radius 1 is 0.566 bits per heavy atom. The molecule has 7 aromatic rings. The van der Waals surface area contributed by atoms with E-state index in [1.807, 2.05) is 0 Å². The van der Waals surface area contributed by atoms with Gasteiger partial charge in [-0.15, -0.1) is 11.3 Å². The number of hydrogen-bond acceptors (Lipinski definition) is 3.